The van der Waals surface area contributed by atoms with E-state index >= 15 is 0 Å². The molecule has 0 spiro atoms. The van der Waals surface area contributed by atoms with E-state index in [1.54, 1.807) is 0 Å². The summed E-state index contributed by atoms with van der Waals surface area (Å²) in [5.74, 6) is -1.24. The average molecular weight is 172 g/mol. The number of piperidine rings is 1. The number of hydrogen-bond donors (Lipinski definition) is 2. The minimum atomic E-state index is -0.988. The Morgan fingerprint density at radius 2 is 2.42 bits per heavy atom. The Morgan fingerprint density at radius 1 is 1.75 bits per heavy atom. The van der Waals surface area contributed by atoms with Crippen LogP contribution in [0.25, 0.3) is 0 Å². The van der Waals surface area contributed by atoms with Crippen molar-refractivity contribution < 1.29 is 14.7 Å². The summed E-state index contributed by atoms with van der Waals surface area (Å²) in [6, 6.07) is -0.502. The van der Waals surface area contributed by atoms with Crippen molar-refractivity contribution in [2.75, 3.05) is 13.1 Å². The summed E-state index contributed by atoms with van der Waals surface area (Å²) in [5, 5.41) is 8.44. The van der Waals surface area contributed by atoms with E-state index < -0.39 is 12.0 Å². The maximum absolute atomic E-state index is 11.2. The van der Waals surface area contributed by atoms with E-state index in [-0.39, 0.29) is 12.5 Å². The Labute approximate surface area is 70.1 Å². The van der Waals surface area contributed by atoms with Gasteiger partial charge in [0.15, 0.2) is 0 Å². The molecule has 0 bridgehead atoms. The third-order valence-electron chi connectivity index (χ3n) is 1.90. The van der Waals surface area contributed by atoms with E-state index in [2.05, 4.69) is 0 Å². The van der Waals surface area contributed by atoms with Crippen LogP contribution in [-0.4, -0.2) is 41.0 Å². The summed E-state index contributed by atoms with van der Waals surface area (Å²) >= 11 is 0. The van der Waals surface area contributed by atoms with Crippen LogP contribution < -0.4 is 5.73 Å². The number of nitrogens with zero attached hydrogens (tertiary/aromatic N) is 1. The molecule has 1 aliphatic heterocycles. The zero-order chi connectivity index (χ0) is 9.14. The van der Waals surface area contributed by atoms with Crippen LogP contribution in [-0.2, 0) is 9.59 Å². The van der Waals surface area contributed by atoms with Gasteiger partial charge >= 0.3 is 5.97 Å². The van der Waals surface area contributed by atoms with Crippen LogP contribution in [0.2, 0.25) is 0 Å². The Hall–Kier alpha value is -1.10. The van der Waals surface area contributed by atoms with Crippen LogP contribution in [0, 0.1) is 0 Å². The SMILES string of the molecule is N[C@H]1CCCN(CC(=O)O)C1=O. The molecule has 0 saturated carbocycles. The first-order valence-corrected chi connectivity index (χ1v) is 3.87. The standard InChI is InChI=1S/C7H12N2O3/c8-5-2-1-3-9(7(5)12)4-6(10)11/h5H,1-4,8H2,(H,10,11)/t5-/m0/s1. The Morgan fingerprint density at radius 3 is 3.00 bits per heavy atom. The number of likely N-dealkylation sites (tertiary alicyclic amines) is 1. The second-order valence-electron chi connectivity index (χ2n) is 2.90. The largest absolute Gasteiger partial charge is 0.480 e. The summed E-state index contributed by atoms with van der Waals surface area (Å²) in [7, 11) is 0. The summed E-state index contributed by atoms with van der Waals surface area (Å²) in [4.78, 5) is 22.8. The molecular formula is C7H12N2O3. The Kier molecular flexibility index (Phi) is 2.65. The van der Waals surface area contributed by atoms with E-state index in [4.69, 9.17) is 10.8 Å². The first-order chi connectivity index (χ1) is 5.61. The normalized spacial score (nSPS) is 24.2. The molecule has 3 N–H and O–H groups in total. The van der Waals surface area contributed by atoms with Crippen molar-refractivity contribution >= 4 is 11.9 Å². The maximum Gasteiger partial charge on any atom is 0.323 e. The molecule has 1 atom stereocenters. The number of rotatable bonds is 2. The van der Waals surface area contributed by atoms with Crippen molar-refractivity contribution in [1.82, 2.24) is 4.90 Å². The number of aliphatic carboxylic acids is 1. The second-order valence-corrected chi connectivity index (χ2v) is 2.90. The monoisotopic (exact) mass is 172 g/mol. The van der Waals surface area contributed by atoms with Crippen molar-refractivity contribution in [2.24, 2.45) is 5.73 Å². The molecule has 12 heavy (non-hydrogen) atoms. The highest BCUT2D eigenvalue weighted by atomic mass is 16.4. The lowest BCUT2D eigenvalue weighted by Gasteiger charge is -2.28. The smallest absolute Gasteiger partial charge is 0.323 e. The quantitative estimate of drug-likeness (QED) is 0.560. The first kappa shape index (κ1) is 8.99. The third kappa shape index (κ3) is 1.94. The average Bonchev–Trinajstić information content (AvgIpc) is 1.98. The number of nitrogens with two attached hydrogens (primary N) is 1. The lowest BCUT2D eigenvalue weighted by Crippen LogP contribution is -2.49. The van der Waals surface area contributed by atoms with Gasteiger partial charge < -0.3 is 15.7 Å². The summed E-state index contributed by atoms with van der Waals surface area (Å²) in [5.41, 5.74) is 5.46. The lowest BCUT2D eigenvalue weighted by atomic mass is 10.1. The Balaban J connectivity index is 2.52. The number of carbonyl (C=O) groups is 2. The lowest BCUT2D eigenvalue weighted by molar-refractivity contribution is -0.146. The highest BCUT2D eigenvalue weighted by molar-refractivity contribution is 5.85. The van der Waals surface area contributed by atoms with Crippen LogP contribution in [0.1, 0.15) is 12.8 Å². The zero-order valence-electron chi connectivity index (χ0n) is 6.69. The predicted molar refractivity (Wildman–Crippen MR) is 41.4 cm³/mol. The van der Waals surface area contributed by atoms with Gasteiger partial charge in [-0.25, -0.2) is 0 Å². The molecule has 0 radical (unpaired) electrons. The molecule has 1 rings (SSSR count). The highest BCUT2D eigenvalue weighted by Crippen LogP contribution is 2.08. The molecule has 0 unspecified atom stereocenters. The van der Waals surface area contributed by atoms with Crippen molar-refractivity contribution in [3.05, 3.63) is 0 Å². The molecule has 1 aliphatic rings. The molecule has 1 heterocycles. The molecule has 68 valence electrons. The molecule has 1 saturated heterocycles. The van der Waals surface area contributed by atoms with Gasteiger partial charge in [0.25, 0.3) is 0 Å². The molecule has 0 aliphatic carbocycles. The van der Waals surface area contributed by atoms with Gasteiger partial charge in [0, 0.05) is 6.54 Å². The number of hydrogen-bond acceptors (Lipinski definition) is 3. The number of carbonyl (C=O) groups excluding carboxylic acids is 1. The summed E-state index contributed by atoms with van der Waals surface area (Å²) in [6.45, 7) is 0.283. The van der Waals surface area contributed by atoms with E-state index in [1.165, 1.54) is 4.90 Å². The van der Waals surface area contributed by atoms with Gasteiger partial charge in [-0.3, -0.25) is 9.59 Å². The molecule has 0 aromatic rings. The fourth-order valence-corrected chi connectivity index (χ4v) is 1.29. The van der Waals surface area contributed by atoms with Gasteiger partial charge in [-0.1, -0.05) is 0 Å². The van der Waals surface area contributed by atoms with Crippen LogP contribution >= 0.6 is 0 Å². The molecule has 1 amide bonds. The first-order valence-electron chi connectivity index (χ1n) is 3.87. The topological polar surface area (TPSA) is 83.6 Å². The van der Waals surface area contributed by atoms with Crippen LogP contribution in [0.15, 0.2) is 0 Å². The summed E-state index contributed by atoms with van der Waals surface area (Å²) in [6.07, 6.45) is 1.45. The van der Waals surface area contributed by atoms with E-state index in [9.17, 15) is 9.59 Å². The van der Waals surface area contributed by atoms with Crippen molar-refractivity contribution in [3.63, 3.8) is 0 Å². The fraction of sp³-hybridized carbons (Fsp3) is 0.714. The fourth-order valence-electron chi connectivity index (χ4n) is 1.29. The minimum Gasteiger partial charge on any atom is -0.480 e. The van der Waals surface area contributed by atoms with Crippen molar-refractivity contribution in [3.8, 4) is 0 Å². The van der Waals surface area contributed by atoms with Gasteiger partial charge in [-0.05, 0) is 12.8 Å². The van der Waals surface area contributed by atoms with Gasteiger partial charge in [-0.2, -0.15) is 0 Å². The minimum absolute atomic E-state index is 0.230. The van der Waals surface area contributed by atoms with Gasteiger partial charge in [0.05, 0.1) is 6.04 Å². The molecule has 1 fully saturated rings. The van der Waals surface area contributed by atoms with E-state index in [0.29, 0.717) is 13.0 Å². The molecule has 0 aromatic carbocycles. The van der Waals surface area contributed by atoms with Gasteiger partial charge in [0.2, 0.25) is 5.91 Å². The van der Waals surface area contributed by atoms with Gasteiger partial charge in [0.1, 0.15) is 6.54 Å². The van der Waals surface area contributed by atoms with E-state index in [0.717, 1.165) is 6.42 Å². The second kappa shape index (κ2) is 3.53. The molecular weight excluding hydrogens is 160 g/mol. The number of carboxylic acid groups (broad SMARTS) is 1. The molecule has 5 nitrogen and oxygen atoms in total. The van der Waals surface area contributed by atoms with Crippen LogP contribution in [0.3, 0.4) is 0 Å². The van der Waals surface area contributed by atoms with Crippen molar-refractivity contribution in [1.29, 1.82) is 0 Å². The highest BCUT2D eigenvalue weighted by Gasteiger charge is 2.26. The number of carboxylic acids is 1. The molecule has 0 aromatic heterocycles. The third-order valence-corrected chi connectivity index (χ3v) is 1.90. The number of amides is 1. The maximum atomic E-state index is 11.2. The molecule has 5 heteroatoms. The van der Waals surface area contributed by atoms with Crippen LogP contribution in [0.5, 0.6) is 0 Å². The zero-order valence-corrected chi connectivity index (χ0v) is 6.69. The van der Waals surface area contributed by atoms with Gasteiger partial charge in [-0.15, -0.1) is 0 Å². The summed E-state index contributed by atoms with van der Waals surface area (Å²) < 4.78 is 0. The Bertz CT molecular complexity index is 205. The van der Waals surface area contributed by atoms with E-state index in [1.807, 2.05) is 0 Å². The van der Waals surface area contributed by atoms with Crippen LogP contribution in [0.4, 0.5) is 0 Å². The van der Waals surface area contributed by atoms with Crippen molar-refractivity contribution in [2.45, 2.75) is 18.9 Å². The predicted octanol–water partition coefficient (Wildman–Crippen LogP) is -0.979.